The lowest BCUT2D eigenvalue weighted by Gasteiger charge is -2.20. The quantitative estimate of drug-likeness (QED) is 0.532. The van der Waals surface area contributed by atoms with Crippen molar-refractivity contribution in [1.82, 2.24) is 19.7 Å². The Kier molecular flexibility index (Phi) is 4.12. The van der Waals surface area contributed by atoms with Crippen LogP contribution in [0.15, 0.2) is 0 Å². The predicted molar refractivity (Wildman–Crippen MR) is 90.1 cm³/mol. The van der Waals surface area contributed by atoms with E-state index in [0.29, 0.717) is 11.0 Å². The molecule has 20 heavy (non-hydrogen) atoms. The molecular weight excluding hydrogens is 387 g/mol. The molecule has 0 aliphatic heterocycles. The van der Waals surface area contributed by atoms with Gasteiger partial charge in [-0.15, -0.1) is 0 Å². The number of rotatable bonds is 1. The first-order valence-electron chi connectivity index (χ1n) is 6.37. The van der Waals surface area contributed by atoms with Crippen LogP contribution in [0.3, 0.4) is 0 Å². The fourth-order valence-electron chi connectivity index (χ4n) is 2.13. The van der Waals surface area contributed by atoms with Crippen LogP contribution >= 0.6 is 34.2 Å². The van der Waals surface area contributed by atoms with Crippen LogP contribution in [0.2, 0.25) is 5.15 Å². The van der Waals surface area contributed by atoms with Gasteiger partial charge in [0.15, 0.2) is 5.82 Å². The minimum Gasteiger partial charge on any atom is -0.272 e. The molecule has 0 amide bonds. The van der Waals surface area contributed by atoms with Gasteiger partial charge in [-0.05, 0) is 36.4 Å². The molecule has 0 spiro atoms. The minimum absolute atomic E-state index is 0.0815. The summed E-state index contributed by atoms with van der Waals surface area (Å²) in [5.41, 5.74) is 3.82. The standard InChI is InChI=1S/C14H18ClIN4/c1-7-9(8(2)20(6)19-7)13-17-11(14(3,4)5)10(16)12(15)18-13/h1-6H3. The molecule has 108 valence electrons. The maximum Gasteiger partial charge on any atom is 0.164 e. The average Bonchev–Trinajstić information content (AvgIpc) is 2.55. The van der Waals surface area contributed by atoms with Crippen molar-refractivity contribution in [3.05, 3.63) is 25.8 Å². The summed E-state index contributed by atoms with van der Waals surface area (Å²) in [5, 5.41) is 4.93. The van der Waals surface area contributed by atoms with Crippen LogP contribution in [0.4, 0.5) is 0 Å². The van der Waals surface area contributed by atoms with Crippen LogP contribution in [0.1, 0.15) is 37.9 Å². The topological polar surface area (TPSA) is 43.6 Å². The van der Waals surface area contributed by atoms with E-state index in [4.69, 9.17) is 16.6 Å². The Morgan fingerprint density at radius 1 is 1.15 bits per heavy atom. The second-order valence-corrected chi connectivity index (χ2v) is 7.36. The van der Waals surface area contributed by atoms with Crippen LogP contribution in [0, 0.1) is 17.4 Å². The van der Waals surface area contributed by atoms with Gasteiger partial charge in [0.05, 0.1) is 20.5 Å². The molecule has 0 aliphatic rings. The lowest BCUT2D eigenvalue weighted by atomic mass is 9.92. The second kappa shape index (κ2) is 5.26. The molecule has 0 saturated heterocycles. The molecule has 6 heteroatoms. The van der Waals surface area contributed by atoms with E-state index in [2.05, 4.69) is 53.4 Å². The van der Waals surface area contributed by atoms with Gasteiger partial charge in [-0.3, -0.25) is 4.68 Å². The Labute approximate surface area is 138 Å². The summed E-state index contributed by atoms with van der Waals surface area (Å²) in [6.45, 7) is 10.4. The van der Waals surface area contributed by atoms with Crippen molar-refractivity contribution in [3.8, 4) is 11.4 Å². The Morgan fingerprint density at radius 3 is 2.20 bits per heavy atom. The smallest absolute Gasteiger partial charge is 0.164 e. The summed E-state index contributed by atoms with van der Waals surface area (Å²) in [6.07, 6.45) is 0. The number of halogens is 2. The van der Waals surface area contributed by atoms with Gasteiger partial charge >= 0.3 is 0 Å². The average molecular weight is 405 g/mol. The molecule has 0 aromatic carbocycles. The number of hydrogen-bond acceptors (Lipinski definition) is 3. The molecule has 0 aliphatic carbocycles. The SMILES string of the molecule is Cc1nn(C)c(C)c1-c1nc(Cl)c(I)c(C(C)(C)C)n1. The maximum absolute atomic E-state index is 6.30. The zero-order chi connectivity index (χ0) is 15.2. The van der Waals surface area contributed by atoms with Crippen LogP contribution in [0.25, 0.3) is 11.4 Å². The van der Waals surface area contributed by atoms with Crippen molar-refractivity contribution in [3.63, 3.8) is 0 Å². The molecule has 0 bridgehead atoms. The third-order valence-corrected chi connectivity index (χ3v) is 4.87. The van der Waals surface area contributed by atoms with Gasteiger partial charge < -0.3 is 0 Å². The van der Waals surface area contributed by atoms with Crippen molar-refractivity contribution in [2.24, 2.45) is 7.05 Å². The van der Waals surface area contributed by atoms with E-state index in [9.17, 15) is 0 Å². The first-order valence-corrected chi connectivity index (χ1v) is 7.82. The number of aromatic nitrogens is 4. The molecule has 2 heterocycles. The van der Waals surface area contributed by atoms with E-state index in [0.717, 1.165) is 26.2 Å². The van der Waals surface area contributed by atoms with Crippen molar-refractivity contribution in [2.75, 3.05) is 0 Å². The molecule has 2 aromatic heterocycles. The van der Waals surface area contributed by atoms with Crippen molar-refractivity contribution in [2.45, 2.75) is 40.0 Å². The van der Waals surface area contributed by atoms with Gasteiger partial charge in [0.1, 0.15) is 5.15 Å². The minimum atomic E-state index is -0.0815. The van der Waals surface area contributed by atoms with E-state index in [-0.39, 0.29) is 5.41 Å². The van der Waals surface area contributed by atoms with Crippen molar-refractivity contribution in [1.29, 1.82) is 0 Å². The van der Waals surface area contributed by atoms with Gasteiger partial charge in [0.2, 0.25) is 0 Å². The highest BCUT2D eigenvalue weighted by molar-refractivity contribution is 14.1. The number of aryl methyl sites for hydroxylation is 2. The fraction of sp³-hybridized carbons (Fsp3) is 0.500. The highest BCUT2D eigenvalue weighted by atomic mass is 127. The highest BCUT2D eigenvalue weighted by Crippen LogP contribution is 2.32. The Hall–Kier alpha value is -0.690. The van der Waals surface area contributed by atoms with Crippen molar-refractivity contribution >= 4 is 34.2 Å². The third-order valence-electron chi connectivity index (χ3n) is 3.25. The lowest BCUT2D eigenvalue weighted by Crippen LogP contribution is -2.17. The zero-order valence-electron chi connectivity index (χ0n) is 12.5. The predicted octanol–water partition coefficient (Wildman–Crippen LogP) is 4.05. The van der Waals surface area contributed by atoms with E-state index in [1.807, 2.05) is 25.6 Å². The van der Waals surface area contributed by atoms with Crippen LogP contribution in [0.5, 0.6) is 0 Å². The monoisotopic (exact) mass is 404 g/mol. The van der Waals surface area contributed by atoms with E-state index in [1.165, 1.54) is 0 Å². The van der Waals surface area contributed by atoms with E-state index < -0.39 is 0 Å². The van der Waals surface area contributed by atoms with Crippen LogP contribution in [-0.2, 0) is 12.5 Å². The first-order chi connectivity index (χ1) is 9.12. The van der Waals surface area contributed by atoms with Crippen molar-refractivity contribution < 1.29 is 0 Å². The van der Waals surface area contributed by atoms with Gasteiger partial charge in [-0.25, -0.2) is 9.97 Å². The van der Waals surface area contributed by atoms with Gasteiger partial charge in [0.25, 0.3) is 0 Å². The maximum atomic E-state index is 6.30. The Morgan fingerprint density at radius 2 is 1.75 bits per heavy atom. The molecule has 2 aromatic rings. The zero-order valence-corrected chi connectivity index (χ0v) is 15.5. The number of hydrogen-bond donors (Lipinski definition) is 0. The first kappa shape index (κ1) is 15.7. The molecule has 2 rings (SSSR count). The number of nitrogens with zero attached hydrogens (tertiary/aromatic N) is 4. The fourth-order valence-corrected chi connectivity index (χ4v) is 3.35. The second-order valence-electron chi connectivity index (χ2n) is 5.92. The largest absolute Gasteiger partial charge is 0.272 e. The molecule has 4 nitrogen and oxygen atoms in total. The van der Waals surface area contributed by atoms with E-state index in [1.54, 1.807) is 0 Å². The van der Waals surface area contributed by atoms with Crippen LogP contribution in [-0.4, -0.2) is 19.7 Å². The molecule has 0 radical (unpaired) electrons. The van der Waals surface area contributed by atoms with E-state index >= 15 is 0 Å². The third kappa shape index (κ3) is 2.70. The Balaban J connectivity index is 2.74. The molecule has 0 unspecified atom stereocenters. The highest BCUT2D eigenvalue weighted by Gasteiger charge is 2.24. The molecule has 0 fully saturated rings. The van der Waals surface area contributed by atoms with Gasteiger partial charge in [-0.2, -0.15) is 5.10 Å². The lowest BCUT2D eigenvalue weighted by molar-refractivity contribution is 0.563. The summed E-state index contributed by atoms with van der Waals surface area (Å²) < 4.78 is 2.76. The van der Waals surface area contributed by atoms with Crippen LogP contribution < -0.4 is 0 Å². The molecule has 0 saturated carbocycles. The summed E-state index contributed by atoms with van der Waals surface area (Å²) in [5.74, 6) is 0.656. The molecular formula is C14H18ClIN4. The summed E-state index contributed by atoms with van der Waals surface area (Å²) in [4.78, 5) is 9.20. The molecule has 0 atom stereocenters. The Bertz CT molecular complexity index is 671. The van der Waals surface area contributed by atoms with Gasteiger partial charge in [0, 0.05) is 18.2 Å². The summed E-state index contributed by atoms with van der Waals surface area (Å²) in [6, 6.07) is 0. The van der Waals surface area contributed by atoms with Gasteiger partial charge in [-0.1, -0.05) is 32.4 Å². The normalized spacial score (nSPS) is 12.0. The summed E-state index contributed by atoms with van der Waals surface area (Å²) in [7, 11) is 1.92. The molecule has 0 N–H and O–H groups in total. The summed E-state index contributed by atoms with van der Waals surface area (Å²) >= 11 is 8.51.